The molecule has 0 N–H and O–H groups in total. The van der Waals surface area contributed by atoms with Crippen molar-refractivity contribution in [1.82, 2.24) is 0 Å². The van der Waals surface area contributed by atoms with Gasteiger partial charge < -0.3 is 4.52 Å². The third-order valence-corrected chi connectivity index (χ3v) is 12.2. The Balaban J connectivity index is 2.25. The molecule has 0 amide bonds. The van der Waals surface area contributed by atoms with Crippen molar-refractivity contribution in [2.75, 3.05) is 0 Å². The van der Waals surface area contributed by atoms with Crippen LogP contribution in [0.25, 0.3) is 0 Å². The molecule has 0 heterocycles. The summed E-state index contributed by atoms with van der Waals surface area (Å²) in [5.74, 6) is 0. The molecule has 0 bridgehead atoms. The molecule has 0 unspecified atom stereocenters. The van der Waals surface area contributed by atoms with Crippen LogP contribution in [0.5, 0.6) is 0 Å². The molecule has 47 heavy (non-hydrogen) atoms. The maximum absolute atomic E-state index is 13.9. The number of hydrogen-bond acceptors (Lipinski definition) is 4. The molecule has 1 fully saturated rings. The first-order valence-corrected chi connectivity index (χ1v) is 22.3. The number of carbonyl (C=O) groups excluding carboxylic acids is 2. The molecule has 0 radical (unpaired) electrons. The van der Waals surface area contributed by atoms with Crippen molar-refractivity contribution >= 4 is 18.4 Å². The average Bonchev–Trinajstić information content (AvgIpc) is 3.08. The Morgan fingerprint density at radius 2 is 0.809 bits per heavy atom. The molecule has 1 aliphatic carbocycles. The molecular weight excluding hydrogens is 599 g/mol. The van der Waals surface area contributed by atoms with E-state index in [0.29, 0.717) is 12.8 Å². The summed E-state index contributed by atoms with van der Waals surface area (Å²) in [6, 6.07) is 0. The van der Waals surface area contributed by atoms with Gasteiger partial charge in [-0.25, -0.2) is 0 Å². The molecule has 1 rings (SSSR count). The maximum atomic E-state index is 13.9. The summed E-state index contributed by atoms with van der Waals surface area (Å²) in [6.07, 6.45) is 45.3. The second kappa shape index (κ2) is 32.2. The average molecular weight is 677 g/mol. The molecule has 1 aliphatic rings. The smallest absolute Gasteiger partial charge is 0.315 e. The summed E-state index contributed by atoms with van der Waals surface area (Å²) in [7, 11) is -3.94. The van der Waals surface area contributed by atoms with Crippen LogP contribution in [-0.2, 0) is 18.7 Å². The highest BCUT2D eigenvalue weighted by Crippen LogP contribution is 2.54. The molecule has 4 nitrogen and oxygen atoms in total. The zero-order valence-corrected chi connectivity index (χ0v) is 32.2. The van der Waals surface area contributed by atoms with Crippen LogP contribution < -0.4 is 0 Å². The van der Waals surface area contributed by atoms with Crippen LogP contribution in [0.1, 0.15) is 226 Å². The van der Waals surface area contributed by atoms with Gasteiger partial charge in [0.15, 0.2) is 0 Å². The van der Waals surface area contributed by atoms with Gasteiger partial charge in [0.25, 0.3) is 0 Å². The molecule has 0 aliphatic heterocycles. The monoisotopic (exact) mass is 677 g/mol. The topological polar surface area (TPSA) is 60.4 Å². The van der Waals surface area contributed by atoms with Gasteiger partial charge in [-0.3, -0.25) is 14.2 Å². The van der Waals surface area contributed by atoms with Crippen LogP contribution in [0.4, 0.5) is 0 Å². The van der Waals surface area contributed by atoms with Gasteiger partial charge in [-0.15, -0.1) is 0 Å². The molecule has 274 valence electrons. The van der Waals surface area contributed by atoms with Crippen LogP contribution in [0.3, 0.4) is 0 Å². The fraction of sp³-hybridized carbons (Fsp3) is 0.857. The minimum absolute atomic E-state index is 0.203. The van der Waals surface area contributed by atoms with Gasteiger partial charge in [0.1, 0.15) is 0 Å². The van der Waals surface area contributed by atoms with E-state index < -0.39 is 18.4 Å². The van der Waals surface area contributed by atoms with Crippen molar-refractivity contribution in [3.05, 3.63) is 24.3 Å². The molecule has 0 atom stereocenters. The highest BCUT2D eigenvalue weighted by molar-refractivity contribution is 7.90. The van der Waals surface area contributed by atoms with E-state index in [2.05, 4.69) is 38.2 Å². The van der Waals surface area contributed by atoms with Gasteiger partial charge >= 0.3 is 7.37 Å². The van der Waals surface area contributed by atoms with E-state index in [4.69, 9.17) is 4.52 Å². The van der Waals surface area contributed by atoms with Crippen LogP contribution in [0.2, 0.25) is 0 Å². The third-order valence-electron chi connectivity index (χ3n) is 9.81. The lowest BCUT2D eigenvalue weighted by Crippen LogP contribution is -2.21. The fourth-order valence-electron chi connectivity index (χ4n) is 6.63. The van der Waals surface area contributed by atoms with Crippen molar-refractivity contribution in [3.8, 4) is 0 Å². The first kappa shape index (κ1) is 44.0. The fourth-order valence-corrected chi connectivity index (χ4v) is 8.67. The lowest BCUT2D eigenvalue weighted by molar-refractivity contribution is -0.117. The van der Waals surface area contributed by atoms with Gasteiger partial charge in [0.05, 0.1) is 6.10 Å². The minimum atomic E-state index is -3.94. The number of hydrogen-bond donors (Lipinski definition) is 0. The maximum Gasteiger partial charge on any atom is 0.330 e. The largest absolute Gasteiger partial charge is 0.330 e. The van der Waals surface area contributed by atoms with Gasteiger partial charge in [0, 0.05) is 12.8 Å². The standard InChI is InChI=1S/C42H77O4P/c1-3-5-7-9-11-13-15-17-19-21-23-25-27-29-34-38-41(43)47(45,46-40-36-32-31-33-37-40)42(44)39-35-30-28-26-24-22-20-18-16-14-12-10-8-6-4-2/h17-20,40H,3-16,21-39H2,1-2H3/b19-17-,20-18-. The quantitative estimate of drug-likeness (QED) is 0.0387. The Morgan fingerprint density at radius 3 is 1.17 bits per heavy atom. The van der Waals surface area contributed by atoms with E-state index >= 15 is 0 Å². The molecule has 0 saturated heterocycles. The number of carbonyl (C=O) groups is 2. The first-order chi connectivity index (χ1) is 23.0. The predicted octanol–water partition coefficient (Wildman–Crippen LogP) is 14.7. The summed E-state index contributed by atoms with van der Waals surface area (Å²) in [5, 5.41) is 0. The third kappa shape index (κ3) is 24.7. The van der Waals surface area contributed by atoms with Gasteiger partial charge in [-0.2, -0.15) is 0 Å². The summed E-state index contributed by atoms with van der Waals surface area (Å²) in [4.78, 5) is 26.5. The van der Waals surface area contributed by atoms with E-state index in [9.17, 15) is 14.2 Å². The number of allylic oxidation sites excluding steroid dienone is 4. The van der Waals surface area contributed by atoms with Crippen molar-refractivity contribution in [3.63, 3.8) is 0 Å². The summed E-state index contributed by atoms with van der Waals surface area (Å²) < 4.78 is 19.9. The van der Waals surface area contributed by atoms with Crippen LogP contribution in [-0.4, -0.2) is 17.2 Å². The van der Waals surface area contributed by atoms with E-state index in [-0.39, 0.29) is 18.9 Å². The zero-order valence-electron chi connectivity index (χ0n) is 31.3. The molecule has 0 aromatic heterocycles. The van der Waals surface area contributed by atoms with Gasteiger partial charge in [-0.05, 0) is 77.0 Å². The van der Waals surface area contributed by atoms with E-state index in [1.165, 1.54) is 103 Å². The highest BCUT2D eigenvalue weighted by atomic mass is 31.2. The lowest BCUT2D eigenvalue weighted by atomic mass is 9.98. The second-order valence-electron chi connectivity index (χ2n) is 14.4. The molecule has 0 spiro atoms. The molecule has 0 aromatic rings. The van der Waals surface area contributed by atoms with Gasteiger partial charge in [-0.1, -0.05) is 160 Å². The summed E-state index contributed by atoms with van der Waals surface area (Å²) >= 11 is 0. The zero-order chi connectivity index (χ0) is 34.1. The number of rotatable bonds is 34. The van der Waals surface area contributed by atoms with Crippen molar-refractivity contribution < 1.29 is 18.7 Å². The first-order valence-electron chi connectivity index (χ1n) is 20.7. The Hall–Kier alpha value is -0.990. The highest BCUT2D eigenvalue weighted by Gasteiger charge is 2.42. The predicted molar refractivity (Wildman–Crippen MR) is 204 cm³/mol. The van der Waals surface area contributed by atoms with Crippen molar-refractivity contribution in [2.24, 2.45) is 0 Å². The Morgan fingerprint density at radius 1 is 0.489 bits per heavy atom. The summed E-state index contributed by atoms with van der Waals surface area (Å²) in [6.45, 7) is 4.52. The van der Waals surface area contributed by atoms with E-state index in [0.717, 1.165) is 83.5 Å². The van der Waals surface area contributed by atoms with Crippen LogP contribution >= 0.6 is 7.37 Å². The number of unbranched alkanes of at least 4 members (excludes halogenated alkanes) is 22. The Labute approximate surface area is 292 Å². The van der Waals surface area contributed by atoms with Crippen molar-refractivity contribution in [1.29, 1.82) is 0 Å². The summed E-state index contributed by atoms with van der Waals surface area (Å²) in [5.41, 5.74) is -0.836. The van der Waals surface area contributed by atoms with Gasteiger partial charge in [0.2, 0.25) is 11.0 Å². The Kier molecular flexibility index (Phi) is 30.2. The minimum Gasteiger partial charge on any atom is -0.315 e. The normalized spacial score (nSPS) is 14.5. The van der Waals surface area contributed by atoms with E-state index in [1.54, 1.807) is 0 Å². The molecule has 0 aromatic carbocycles. The van der Waals surface area contributed by atoms with E-state index in [1.807, 2.05) is 0 Å². The molecule has 5 heteroatoms. The molecular formula is C42H77O4P. The second-order valence-corrected chi connectivity index (χ2v) is 16.7. The van der Waals surface area contributed by atoms with Crippen molar-refractivity contribution in [2.45, 2.75) is 232 Å². The van der Waals surface area contributed by atoms with Crippen LogP contribution in [0.15, 0.2) is 24.3 Å². The SMILES string of the molecule is CCCCCCCC/C=C\CCCCCCCC(=O)P(=O)(OC1CCCCC1)C(=O)CCCCCCC/C=C\CCCCCCCC. The Bertz CT molecular complexity index is 786. The lowest BCUT2D eigenvalue weighted by Gasteiger charge is -2.26. The van der Waals surface area contributed by atoms with Crippen LogP contribution in [0, 0.1) is 0 Å². The molecule has 1 saturated carbocycles.